The zero-order chi connectivity index (χ0) is 20.4. The Morgan fingerprint density at radius 3 is 2.50 bits per heavy atom. The van der Waals surface area contributed by atoms with Gasteiger partial charge in [0.25, 0.3) is 0 Å². The van der Waals surface area contributed by atoms with Crippen LogP contribution in [0.2, 0.25) is 0 Å². The van der Waals surface area contributed by atoms with E-state index < -0.39 is 5.97 Å². The summed E-state index contributed by atoms with van der Waals surface area (Å²) in [7, 11) is 1.32. The zero-order valence-corrected chi connectivity index (χ0v) is 17.9. The molecule has 2 rings (SSSR count). The van der Waals surface area contributed by atoms with Gasteiger partial charge in [0.15, 0.2) is 6.61 Å². The molecular formula is C23H30O4S. The number of methoxy groups -OCH3 is 1. The number of thiophene rings is 1. The SMILES string of the molecule is CCCCCCCCc1ccc(OCC(=O)c2cc(C(=O)OC)cs2)cc1C. The third-order valence-corrected chi connectivity index (χ3v) is 5.75. The number of carbonyl (C=O) groups is 2. The van der Waals surface area contributed by atoms with E-state index in [-0.39, 0.29) is 12.4 Å². The summed E-state index contributed by atoms with van der Waals surface area (Å²) in [5, 5.41) is 1.63. The summed E-state index contributed by atoms with van der Waals surface area (Å²) in [4.78, 5) is 24.3. The molecule has 0 fully saturated rings. The minimum atomic E-state index is -0.437. The van der Waals surface area contributed by atoms with E-state index in [9.17, 15) is 9.59 Å². The molecule has 0 unspecified atom stereocenters. The first kappa shape index (κ1) is 22.2. The van der Waals surface area contributed by atoms with Crippen LogP contribution in [0.4, 0.5) is 0 Å². The minimum Gasteiger partial charge on any atom is -0.485 e. The van der Waals surface area contributed by atoms with Crippen molar-refractivity contribution < 1.29 is 19.1 Å². The lowest BCUT2D eigenvalue weighted by Gasteiger charge is -2.10. The number of Topliss-reactive ketones (excluding diaryl/α,β-unsaturated/α-hetero) is 1. The molecule has 1 heterocycles. The minimum absolute atomic E-state index is 0.0443. The van der Waals surface area contributed by atoms with Gasteiger partial charge in [-0.2, -0.15) is 0 Å². The first-order valence-corrected chi connectivity index (χ1v) is 10.9. The maximum atomic E-state index is 12.3. The summed E-state index contributed by atoms with van der Waals surface area (Å²) < 4.78 is 10.3. The highest BCUT2D eigenvalue weighted by molar-refractivity contribution is 7.12. The molecule has 0 aliphatic rings. The quantitative estimate of drug-likeness (QED) is 0.248. The van der Waals surface area contributed by atoms with E-state index in [1.165, 1.54) is 68.1 Å². The van der Waals surface area contributed by atoms with Crippen LogP contribution < -0.4 is 4.74 Å². The summed E-state index contributed by atoms with van der Waals surface area (Å²) in [6, 6.07) is 7.58. The molecule has 1 aromatic carbocycles. The van der Waals surface area contributed by atoms with Crippen LogP contribution in [0.3, 0.4) is 0 Å². The van der Waals surface area contributed by atoms with Gasteiger partial charge >= 0.3 is 5.97 Å². The Morgan fingerprint density at radius 2 is 1.79 bits per heavy atom. The monoisotopic (exact) mass is 402 g/mol. The fourth-order valence-electron chi connectivity index (χ4n) is 3.06. The first-order chi connectivity index (χ1) is 13.5. The van der Waals surface area contributed by atoms with E-state index in [0.29, 0.717) is 16.2 Å². The summed E-state index contributed by atoms with van der Waals surface area (Å²) in [5.74, 6) is 0.115. The van der Waals surface area contributed by atoms with E-state index in [0.717, 1.165) is 6.42 Å². The van der Waals surface area contributed by atoms with Crippen LogP contribution in [0.25, 0.3) is 0 Å². The Kier molecular flexibility index (Phi) is 9.21. The molecule has 0 spiro atoms. The number of carbonyl (C=O) groups excluding carboxylic acids is 2. The van der Waals surface area contributed by atoms with Crippen molar-refractivity contribution in [1.29, 1.82) is 0 Å². The molecule has 0 bridgehead atoms. The van der Waals surface area contributed by atoms with Gasteiger partial charge < -0.3 is 9.47 Å². The highest BCUT2D eigenvalue weighted by atomic mass is 32.1. The van der Waals surface area contributed by atoms with Crippen LogP contribution in [-0.4, -0.2) is 25.5 Å². The largest absolute Gasteiger partial charge is 0.485 e. The maximum absolute atomic E-state index is 12.3. The van der Waals surface area contributed by atoms with Gasteiger partial charge in [0.1, 0.15) is 5.75 Å². The highest BCUT2D eigenvalue weighted by Crippen LogP contribution is 2.21. The van der Waals surface area contributed by atoms with Gasteiger partial charge in [-0.1, -0.05) is 45.1 Å². The van der Waals surface area contributed by atoms with E-state index in [1.807, 2.05) is 12.1 Å². The summed E-state index contributed by atoms with van der Waals surface area (Å²) >= 11 is 1.23. The molecule has 0 atom stereocenters. The zero-order valence-electron chi connectivity index (χ0n) is 17.1. The molecule has 5 heteroatoms. The van der Waals surface area contributed by atoms with Crippen molar-refractivity contribution in [3.05, 3.63) is 51.2 Å². The Labute approximate surface area is 171 Å². The molecule has 0 radical (unpaired) electrons. The molecule has 4 nitrogen and oxygen atoms in total. The molecule has 0 amide bonds. The number of unbranched alkanes of at least 4 members (excludes halogenated alkanes) is 5. The topological polar surface area (TPSA) is 52.6 Å². The second-order valence-electron chi connectivity index (χ2n) is 7.01. The van der Waals surface area contributed by atoms with Crippen molar-refractivity contribution in [2.75, 3.05) is 13.7 Å². The molecule has 1 aromatic heterocycles. The molecule has 0 aliphatic heterocycles. The highest BCUT2D eigenvalue weighted by Gasteiger charge is 2.14. The maximum Gasteiger partial charge on any atom is 0.338 e. The van der Waals surface area contributed by atoms with Crippen molar-refractivity contribution in [3.8, 4) is 5.75 Å². The van der Waals surface area contributed by atoms with E-state index >= 15 is 0 Å². The number of ether oxygens (including phenoxy) is 2. The number of benzene rings is 1. The third kappa shape index (κ3) is 6.79. The van der Waals surface area contributed by atoms with Crippen LogP contribution in [0.15, 0.2) is 29.6 Å². The number of rotatable bonds is 12. The molecule has 0 saturated carbocycles. The standard InChI is InChI=1S/C23H30O4S/c1-4-5-6-7-8-9-10-18-11-12-20(13-17(18)2)27-15-21(24)22-14-19(16-28-22)23(25)26-3/h11-14,16H,4-10,15H2,1-3H3. The molecule has 0 N–H and O–H groups in total. The third-order valence-electron chi connectivity index (χ3n) is 4.78. The Bertz CT molecular complexity index is 779. The summed E-state index contributed by atoms with van der Waals surface area (Å²) in [6.07, 6.45) is 8.84. The second kappa shape index (κ2) is 11.6. The van der Waals surface area contributed by atoms with Gasteiger partial charge in [0.05, 0.1) is 17.6 Å². The average molecular weight is 403 g/mol. The van der Waals surface area contributed by atoms with Crippen molar-refractivity contribution in [2.45, 2.75) is 58.8 Å². The molecule has 0 aliphatic carbocycles. The lowest BCUT2D eigenvalue weighted by Crippen LogP contribution is -2.10. The van der Waals surface area contributed by atoms with Crippen LogP contribution >= 0.6 is 11.3 Å². The van der Waals surface area contributed by atoms with Crippen molar-refractivity contribution >= 4 is 23.1 Å². The summed E-state index contributed by atoms with van der Waals surface area (Å²) in [6.45, 7) is 4.28. The molecule has 0 saturated heterocycles. The number of esters is 1. The molecule has 2 aromatic rings. The number of hydrogen-bond acceptors (Lipinski definition) is 5. The Hall–Kier alpha value is -2.14. The average Bonchev–Trinajstić information content (AvgIpc) is 3.19. The lowest BCUT2D eigenvalue weighted by molar-refractivity contribution is 0.0601. The van der Waals surface area contributed by atoms with Crippen LogP contribution in [0.5, 0.6) is 5.75 Å². The van der Waals surface area contributed by atoms with E-state index in [2.05, 4.69) is 24.7 Å². The molecule has 152 valence electrons. The van der Waals surface area contributed by atoms with Crippen molar-refractivity contribution in [1.82, 2.24) is 0 Å². The smallest absolute Gasteiger partial charge is 0.338 e. The van der Waals surface area contributed by atoms with Gasteiger partial charge in [-0.25, -0.2) is 4.79 Å². The van der Waals surface area contributed by atoms with Crippen LogP contribution in [-0.2, 0) is 11.2 Å². The van der Waals surface area contributed by atoms with E-state index in [4.69, 9.17) is 4.74 Å². The normalized spacial score (nSPS) is 10.7. The number of hydrogen-bond donors (Lipinski definition) is 0. The van der Waals surface area contributed by atoms with E-state index in [1.54, 1.807) is 11.4 Å². The Morgan fingerprint density at radius 1 is 1.04 bits per heavy atom. The fraction of sp³-hybridized carbons (Fsp3) is 0.478. The van der Waals surface area contributed by atoms with Gasteiger partial charge in [-0.15, -0.1) is 11.3 Å². The van der Waals surface area contributed by atoms with Crippen LogP contribution in [0.1, 0.15) is 76.6 Å². The Balaban J connectivity index is 1.81. The fourth-order valence-corrected chi connectivity index (χ4v) is 3.87. The van der Waals surface area contributed by atoms with Gasteiger partial charge in [-0.3, -0.25) is 4.79 Å². The van der Waals surface area contributed by atoms with Crippen molar-refractivity contribution in [3.63, 3.8) is 0 Å². The van der Waals surface area contributed by atoms with Crippen molar-refractivity contribution in [2.24, 2.45) is 0 Å². The lowest BCUT2D eigenvalue weighted by atomic mass is 10.0. The van der Waals surface area contributed by atoms with Gasteiger partial charge in [0, 0.05) is 5.38 Å². The van der Waals surface area contributed by atoms with Gasteiger partial charge in [0.2, 0.25) is 5.78 Å². The predicted octanol–water partition coefficient (Wildman–Crippen LogP) is 6.01. The second-order valence-corrected chi connectivity index (χ2v) is 7.92. The summed E-state index contributed by atoms with van der Waals surface area (Å²) in [5.41, 5.74) is 2.93. The van der Waals surface area contributed by atoms with Gasteiger partial charge in [-0.05, 0) is 49.1 Å². The first-order valence-electron chi connectivity index (χ1n) is 9.97. The number of ketones is 1. The molecule has 28 heavy (non-hydrogen) atoms. The predicted molar refractivity (Wildman–Crippen MR) is 114 cm³/mol. The van der Waals surface area contributed by atoms with Crippen LogP contribution in [0, 0.1) is 6.92 Å². The number of aryl methyl sites for hydroxylation is 2. The molecular weight excluding hydrogens is 372 g/mol.